The Kier molecular flexibility index (Phi) is 8.31. The fourth-order valence-electron chi connectivity index (χ4n) is 3.70. The first-order valence-corrected chi connectivity index (χ1v) is 11.7. The third kappa shape index (κ3) is 6.39. The smallest absolute Gasteiger partial charge is 0.354 e. The van der Waals surface area contributed by atoms with Gasteiger partial charge < -0.3 is 15.4 Å². The molecule has 7 nitrogen and oxygen atoms in total. The van der Waals surface area contributed by atoms with Gasteiger partial charge in [0, 0.05) is 23.7 Å². The van der Waals surface area contributed by atoms with Crippen molar-refractivity contribution in [1.29, 1.82) is 0 Å². The van der Waals surface area contributed by atoms with E-state index in [1.807, 2.05) is 6.92 Å². The maximum Gasteiger partial charge on any atom is 0.354 e. The molecule has 0 radical (unpaired) electrons. The van der Waals surface area contributed by atoms with E-state index < -0.39 is 29.4 Å². The first-order chi connectivity index (χ1) is 17.0. The number of thiazole rings is 1. The lowest BCUT2D eigenvalue weighted by molar-refractivity contribution is -0.136. The number of hydrogen-bond acceptors (Lipinski definition) is 6. The van der Waals surface area contributed by atoms with Crippen LogP contribution in [0.3, 0.4) is 0 Å². The van der Waals surface area contributed by atoms with Gasteiger partial charge in [0.25, 0.3) is 11.8 Å². The van der Waals surface area contributed by atoms with E-state index in [-0.39, 0.29) is 23.4 Å². The first-order valence-electron chi connectivity index (χ1n) is 10.9. The summed E-state index contributed by atoms with van der Waals surface area (Å²) in [4.78, 5) is 43.1. The largest absolute Gasteiger partial charge is 0.464 e. The predicted molar refractivity (Wildman–Crippen MR) is 132 cm³/mol. The average Bonchev–Trinajstić information content (AvgIpc) is 3.11. The van der Waals surface area contributed by atoms with Crippen molar-refractivity contribution in [3.8, 4) is 0 Å². The molecular formula is C26H25F2N3O4S. The summed E-state index contributed by atoms with van der Waals surface area (Å²) in [6.45, 7) is 6.90. The summed E-state index contributed by atoms with van der Waals surface area (Å²) in [5, 5.41) is 6.04. The van der Waals surface area contributed by atoms with Crippen LogP contribution in [0.4, 0.5) is 8.78 Å². The Morgan fingerprint density at radius 3 is 2.11 bits per heavy atom. The third-order valence-electron chi connectivity index (χ3n) is 5.27. The van der Waals surface area contributed by atoms with Crippen molar-refractivity contribution in [2.75, 3.05) is 7.11 Å². The topological polar surface area (TPSA) is 97.4 Å². The summed E-state index contributed by atoms with van der Waals surface area (Å²) < 4.78 is 31.6. The van der Waals surface area contributed by atoms with Gasteiger partial charge in [-0.1, -0.05) is 0 Å². The minimum atomic E-state index is -0.734. The Hall–Kier alpha value is -3.92. The minimum Gasteiger partial charge on any atom is -0.464 e. The van der Waals surface area contributed by atoms with E-state index in [0.717, 1.165) is 28.9 Å². The molecule has 3 rings (SSSR count). The number of carbonyl (C=O) groups is 3. The number of nitrogens with one attached hydrogen (secondary N) is 2. The fourth-order valence-corrected chi connectivity index (χ4v) is 4.57. The molecule has 1 heterocycles. The van der Waals surface area contributed by atoms with Crippen LogP contribution in [-0.4, -0.2) is 29.9 Å². The number of methoxy groups -OCH3 is 1. The lowest BCUT2D eigenvalue weighted by atomic mass is 9.98. The van der Waals surface area contributed by atoms with Gasteiger partial charge in [-0.2, -0.15) is 0 Å². The number of halogens is 2. The van der Waals surface area contributed by atoms with Gasteiger partial charge in [0.2, 0.25) is 0 Å². The van der Waals surface area contributed by atoms with E-state index in [2.05, 4.69) is 15.6 Å². The zero-order valence-electron chi connectivity index (χ0n) is 20.4. The van der Waals surface area contributed by atoms with E-state index >= 15 is 0 Å². The molecule has 2 amide bonds. The second-order valence-electron chi connectivity index (χ2n) is 8.13. The highest BCUT2D eigenvalue weighted by Crippen LogP contribution is 2.22. The Morgan fingerprint density at radius 1 is 0.972 bits per heavy atom. The number of esters is 1. The number of rotatable bonds is 7. The molecule has 188 valence electrons. The lowest BCUT2D eigenvalue weighted by Gasteiger charge is -2.14. The zero-order chi connectivity index (χ0) is 26.6. The predicted octanol–water partition coefficient (Wildman–Crippen LogP) is 4.53. The highest BCUT2D eigenvalue weighted by Gasteiger charge is 2.21. The molecule has 0 unspecified atom stereocenters. The molecule has 0 fully saturated rings. The van der Waals surface area contributed by atoms with Crippen molar-refractivity contribution >= 4 is 35.2 Å². The summed E-state index contributed by atoms with van der Waals surface area (Å²) in [7, 11) is 1.22. The first kappa shape index (κ1) is 26.7. The number of benzene rings is 2. The van der Waals surface area contributed by atoms with Crippen molar-refractivity contribution in [2.24, 2.45) is 0 Å². The number of hydrogen-bond donors (Lipinski definition) is 2. The number of nitrogens with zero attached hydrogens (tertiary/aromatic N) is 1. The van der Waals surface area contributed by atoms with E-state index in [0.29, 0.717) is 21.6 Å². The second-order valence-corrected chi connectivity index (χ2v) is 9.37. The molecule has 0 saturated heterocycles. The molecule has 2 aromatic carbocycles. The van der Waals surface area contributed by atoms with Crippen LogP contribution in [0.15, 0.2) is 36.0 Å². The Morgan fingerprint density at radius 2 is 1.58 bits per heavy atom. The lowest BCUT2D eigenvalue weighted by Crippen LogP contribution is -2.29. The van der Waals surface area contributed by atoms with Crippen LogP contribution in [0.5, 0.6) is 0 Å². The van der Waals surface area contributed by atoms with Crippen molar-refractivity contribution in [3.05, 3.63) is 91.1 Å². The van der Waals surface area contributed by atoms with Crippen molar-refractivity contribution < 1.29 is 27.9 Å². The molecule has 0 aliphatic carbocycles. The van der Waals surface area contributed by atoms with Crippen molar-refractivity contribution in [3.63, 3.8) is 0 Å². The van der Waals surface area contributed by atoms with Crippen LogP contribution in [0.1, 0.15) is 53.0 Å². The minimum absolute atomic E-state index is 0.0443. The van der Waals surface area contributed by atoms with Crippen LogP contribution >= 0.6 is 11.3 Å². The van der Waals surface area contributed by atoms with Gasteiger partial charge in [0.15, 0.2) is 0 Å². The summed E-state index contributed by atoms with van der Waals surface area (Å²) in [6.07, 6.45) is 1.52. The quantitative estimate of drug-likeness (QED) is 0.358. The number of amides is 2. The second kappa shape index (κ2) is 11.2. The Bertz CT molecular complexity index is 1340. The molecule has 36 heavy (non-hydrogen) atoms. The van der Waals surface area contributed by atoms with Gasteiger partial charge in [-0.15, -0.1) is 11.3 Å². The van der Waals surface area contributed by atoms with Gasteiger partial charge in [0.1, 0.15) is 17.3 Å². The van der Waals surface area contributed by atoms with E-state index in [1.54, 1.807) is 20.8 Å². The molecule has 0 saturated carbocycles. The van der Waals surface area contributed by atoms with E-state index in [4.69, 9.17) is 4.74 Å². The van der Waals surface area contributed by atoms with Gasteiger partial charge in [-0.05, 0) is 74.7 Å². The molecule has 1 aromatic heterocycles. The molecule has 10 heteroatoms. The molecular weight excluding hydrogens is 488 g/mol. The fraction of sp³-hybridized carbons (Fsp3) is 0.231. The summed E-state index contributed by atoms with van der Waals surface area (Å²) in [5.74, 6) is -3.19. The normalized spacial score (nSPS) is 11.2. The molecule has 2 N–H and O–H groups in total. The molecule has 0 atom stereocenters. The molecule has 3 aromatic rings. The summed E-state index contributed by atoms with van der Waals surface area (Å²) >= 11 is 1.38. The van der Waals surface area contributed by atoms with Crippen LogP contribution in [0.25, 0.3) is 6.08 Å². The summed E-state index contributed by atoms with van der Waals surface area (Å²) in [5.41, 5.74) is 2.53. The Balaban J connectivity index is 1.81. The van der Waals surface area contributed by atoms with Crippen LogP contribution in [0.2, 0.25) is 0 Å². The van der Waals surface area contributed by atoms with Crippen LogP contribution in [-0.2, 0) is 16.1 Å². The van der Waals surface area contributed by atoms with Crippen molar-refractivity contribution in [2.45, 2.75) is 34.2 Å². The SMILES string of the molecule is COC(=O)C(=Cc1sc(C)nc1C)NC(=O)c1c(C)cc(C(=O)NCc2cc(F)cc(F)c2)cc1C. The van der Waals surface area contributed by atoms with Gasteiger partial charge in [-0.3, -0.25) is 9.59 Å². The highest BCUT2D eigenvalue weighted by molar-refractivity contribution is 7.12. The number of carbonyl (C=O) groups excluding carboxylic acids is 3. The average molecular weight is 514 g/mol. The van der Waals surface area contributed by atoms with Crippen molar-refractivity contribution in [1.82, 2.24) is 15.6 Å². The monoisotopic (exact) mass is 513 g/mol. The van der Waals surface area contributed by atoms with Crippen LogP contribution in [0, 0.1) is 39.3 Å². The standard InChI is InChI=1S/C26H25F2N3O4S/c1-13-6-18(24(32)29-12-17-8-19(27)10-20(28)9-17)7-14(2)23(13)25(33)31-21(26(34)35-5)11-22-15(3)30-16(4)36-22/h6-11H,12H2,1-5H3,(H,29,32)(H,31,33). The van der Waals surface area contributed by atoms with E-state index in [1.165, 1.54) is 36.7 Å². The maximum absolute atomic E-state index is 13.4. The molecule has 0 bridgehead atoms. The number of ether oxygens (including phenoxy) is 1. The van der Waals surface area contributed by atoms with Gasteiger partial charge >= 0.3 is 5.97 Å². The Labute approximate surface area is 211 Å². The number of aromatic nitrogens is 1. The third-order valence-corrected chi connectivity index (χ3v) is 6.29. The maximum atomic E-state index is 13.4. The zero-order valence-corrected chi connectivity index (χ0v) is 21.2. The molecule has 0 aliphatic heterocycles. The highest BCUT2D eigenvalue weighted by atomic mass is 32.1. The van der Waals surface area contributed by atoms with E-state index in [9.17, 15) is 23.2 Å². The van der Waals surface area contributed by atoms with Gasteiger partial charge in [0.05, 0.1) is 22.7 Å². The number of aryl methyl sites for hydroxylation is 4. The molecule has 0 spiro atoms. The van der Waals surface area contributed by atoms with Gasteiger partial charge in [-0.25, -0.2) is 18.6 Å². The molecule has 0 aliphatic rings. The summed E-state index contributed by atoms with van der Waals surface area (Å²) in [6, 6.07) is 6.08. The van der Waals surface area contributed by atoms with Crippen LogP contribution < -0.4 is 10.6 Å².